The third kappa shape index (κ3) is 4.45. The number of rotatable bonds is 1. The van der Waals surface area contributed by atoms with Gasteiger partial charge < -0.3 is 10.4 Å². The molecule has 0 saturated carbocycles. The van der Waals surface area contributed by atoms with Gasteiger partial charge in [0, 0.05) is 12.0 Å². The monoisotopic (exact) mass is 301 g/mol. The molecule has 118 valence electrons. The number of carbonyl (C=O) groups is 2. The third-order valence-corrected chi connectivity index (χ3v) is 4.14. The minimum Gasteiger partial charge on any atom is -0.480 e. The van der Waals surface area contributed by atoms with Crippen LogP contribution in [0, 0.1) is 0 Å². The molecule has 1 atom stereocenters. The van der Waals surface area contributed by atoms with E-state index in [0.717, 1.165) is 37.7 Å². The van der Waals surface area contributed by atoms with Crippen molar-refractivity contribution >= 4 is 11.9 Å². The van der Waals surface area contributed by atoms with Gasteiger partial charge in [0.2, 0.25) is 5.91 Å². The molecule has 1 aliphatic heterocycles. The van der Waals surface area contributed by atoms with Crippen LogP contribution in [0.1, 0.15) is 43.2 Å². The van der Waals surface area contributed by atoms with Gasteiger partial charge in [-0.2, -0.15) is 0 Å². The first-order valence-corrected chi connectivity index (χ1v) is 7.86. The molecule has 0 spiro atoms. The molecule has 0 fully saturated rings. The van der Waals surface area contributed by atoms with Gasteiger partial charge in [0.15, 0.2) is 0 Å². The van der Waals surface area contributed by atoms with Crippen LogP contribution in [0.25, 0.3) is 0 Å². The number of benzene rings is 1. The maximum atomic E-state index is 12.2. The number of amides is 1. The summed E-state index contributed by atoms with van der Waals surface area (Å²) in [6.07, 6.45) is 5.90. The summed E-state index contributed by atoms with van der Waals surface area (Å²) in [5.74, 6) is -1.34. The Morgan fingerprint density at radius 2 is 1.82 bits per heavy atom. The molecule has 1 heterocycles. The van der Waals surface area contributed by atoms with E-state index in [2.05, 4.69) is 18.0 Å². The molecular weight excluding hydrogens is 278 g/mol. The maximum Gasteiger partial charge on any atom is 0.326 e. The van der Waals surface area contributed by atoms with Gasteiger partial charge in [-0.25, -0.2) is 4.79 Å². The van der Waals surface area contributed by atoms with Gasteiger partial charge in [0.05, 0.1) is 0 Å². The number of aryl methyl sites for hydroxylation is 1. The number of carboxylic acids is 1. The second kappa shape index (κ2) is 7.78. The van der Waals surface area contributed by atoms with Crippen molar-refractivity contribution in [3.05, 3.63) is 47.5 Å². The summed E-state index contributed by atoms with van der Waals surface area (Å²) in [5.41, 5.74) is 2.78. The Labute approximate surface area is 131 Å². The van der Waals surface area contributed by atoms with Gasteiger partial charge in [-0.05, 0) is 30.4 Å². The van der Waals surface area contributed by atoms with Crippen molar-refractivity contribution in [1.29, 1.82) is 0 Å². The molecule has 0 bridgehead atoms. The van der Waals surface area contributed by atoms with E-state index in [1.807, 2.05) is 18.2 Å². The molecule has 1 aromatic rings. The molecule has 2 rings (SSSR count). The highest BCUT2D eigenvalue weighted by molar-refractivity contribution is 5.95. The second-order valence-corrected chi connectivity index (χ2v) is 5.87. The fourth-order valence-corrected chi connectivity index (χ4v) is 2.82. The van der Waals surface area contributed by atoms with E-state index in [0.29, 0.717) is 18.4 Å². The first-order valence-electron chi connectivity index (χ1n) is 7.86. The Morgan fingerprint density at radius 1 is 1.14 bits per heavy atom. The number of carboxylic acid groups (broad SMARTS) is 1. The molecule has 0 aliphatic carbocycles. The van der Waals surface area contributed by atoms with E-state index in [1.54, 1.807) is 0 Å². The molecule has 1 aromatic carbocycles. The topological polar surface area (TPSA) is 66.4 Å². The van der Waals surface area contributed by atoms with Crippen LogP contribution < -0.4 is 5.32 Å². The lowest BCUT2D eigenvalue weighted by atomic mass is 9.96. The van der Waals surface area contributed by atoms with Crippen LogP contribution in [-0.2, 0) is 22.4 Å². The summed E-state index contributed by atoms with van der Waals surface area (Å²) in [7, 11) is 0. The molecule has 4 nitrogen and oxygen atoms in total. The van der Waals surface area contributed by atoms with Crippen LogP contribution in [0.3, 0.4) is 0 Å². The quantitative estimate of drug-likeness (QED) is 0.784. The van der Waals surface area contributed by atoms with Crippen molar-refractivity contribution in [3.63, 3.8) is 0 Å². The summed E-state index contributed by atoms with van der Waals surface area (Å²) in [6.45, 7) is 3.83. The third-order valence-electron chi connectivity index (χ3n) is 4.14. The molecule has 0 radical (unpaired) electrons. The molecule has 0 unspecified atom stereocenters. The average Bonchev–Trinajstić information content (AvgIpc) is 2.50. The fourth-order valence-electron chi connectivity index (χ4n) is 2.82. The van der Waals surface area contributed by atoms with Crippen molar-refractivity contribution in [3.8, 4) is 0 Å². The zero-order chi connectivity index (χ0) is 15.9. The highest BCUT2D eigenvalue weighted by Gasteiger charge is 2.21. The highest BCUT2D eigenvalue weighted by atomic mass is 16.4. The maximum absolute atomic E-state index is 12.2. The zero-order valence-electron chi connectivity index (χ0n) is 12.8. The standard InChI is InChI=1S/C18H23NO3/c1-13-12-15-10-7-6-9-14(15)8-4-2-3-5-11-16(18(21)22)19-17(13)20/h6-7,9-10,16H,1-5,8,11-12H2,(H,19,20)(H,21,22)/t16-/m0/s1. The summed E-state index contributed by atoms with van der Waals surface area (Å²) in [6, 6.07) is 7.27. The predicted molar refractivity (Wildman–Crippen MR) is 85.6 cm³/mol. The van der Waals surface area contributed by atoms with Crippen molar-refractivity contribution in [2.24, 2.45) is 0 Å². The Hall–Kier alpha value is -2.10. The minimum absolute atomic E-state index is 0.360. The fraction of sp³-hybridized carbons (Fsp3) is 0.444. The Bertz CT molecular complexity index is 565. The average molecular weight is 301 g/mol. The summed E-state index contributed by atoms with van der Waals surface area (Å²) in [5, 5.41) is 11.8. The lowest BCUT2D eigenvalue weighted by Crippen LogP contribution is -2.41. The first-order chi connectivity index (χ1) is 10.6. The van der Waals surface area contributed by atoms with Crippen LogP contribution >= 0.6 is 0 Å². The molecule has 1 aliphatic rings. The number of aliphatic carboxylic acids is 1. The van der Waals surface area contributed by atoms with E-state index in [1.165, 1.54) is 5.56 Å². The SMILES string of the molecule is C=C1Cc2ccccc2CCCCCC[C@@H](C(=O)O)NC1=O. The van der Waals surface area contributed by atoms with Gasteiger partial charge >= 0.3 is 5.97 Å². The Kier molecular flexibility index (Phi) is 5.75. The van der Waals surface area contributed by atoms with E-state index in [9.17, 15) is 14.7 Å². The van der Waals surface area contributed by atoms with Gasteiger partial charge in [-0.15, -0.1) is 0 Å². The Balaban J connectivity index is 2.18. The molecule has 0 aromatic heterocycles. The second-order valence-electron chi connectivity index (χ2n) is 5.87. The number of hydrogen-bond donors (Lipinski definition) is 2. The van der Waals surface area contributed by atoms with Gasteiger partial charge in [-0.1, -0.05) is 50.1 Å². The minimum atomic E-state index is -0.976. The number of carbonyl (C=O) groups excluding carboxylic acids is 1. The van der Waals surface area contributed by atoms with Crippen LogP contribution in [0.2, 0.25) is 0 Å². The Morgan fingerprint density at radius 3 is 2.55 bits per heavy atom. The van der Waals surface area contributed by atoms with Crippen molar-refractivity contribution in [2.45, 2.75) is 51.0 Å². The molecule has 0 saturated heterocycles. The lowest BCUT2D eigenvalue weighted by molar-refractivity contribution is -0.141. The largest absolute Gasteiger partial charge is 0.480 e. The van der Waals surface area contributed by atoms with Crippen LogP contribution in [-0.4, -0.2) is 23.0 Å². The zero-order valence-corrected chi connectivity index (χ0v) is 12.8. The van der Waals surface area contributed by atoms with E-state index in [4.69, 9.17) is 0 Å². The van der Waals surface area contributed by atoms with E-state index < -0.39 is 12.0 Å². The van der Waals surface area contributed by atoms with Crippen LogP contribution in [0.15, 0.2) is 36.4 Å². The van der Waals surface area contributed by atoms with Gasteiger partial charge in [-0.3, -0.25) is 4.79 Å². The van der Waals surface area contributed by atoms with Gasteiger partial charge in [0.1, 0.15) is 6.04 Å². The molecule has 22 heavy (non-hydrogen) atoms. The number of fused-ring (bicyclic) bond motifs is 1. The van der Waals surface area contributed by atoms with Crippen molar-refractivity contribution in [1.82, 2.24) is 5.32 Å². The number of hydrogen-bond acceptors (Lipinski definition) is 2. The van der Waals surface area contributed by atoms with E-state index in [-0.39, 0.29) is 5.91 Å². The number of nitrogens with one attached hydrogen (secondary N) is 1. The molecule has 4 heteroatoms. The first kappa shape index (κ1) is 16.3. The summed E-state index contributed by atoms with van der Waals surface area (Å²) < 4.78 is 0. The van der Waals surface area contributed by atoms with Crippen LogP contribution in [0.5, 0.6) is 0 Å². The van der Waals surface area contributed by atoms with E-state index >= 15 is 0 Å². The van der Waals surface area contributed by atoms with Crippen molar-refractivity contribution < 1.29 is 14.7 Å². The normalized spacial score (nSPS) is 20.8. The summed E-state index contributed by atoms with van der Waals surface area (Å²) >= 11 is 0. The smallest absolute Gasteiger partial charge is 0.326 e. The predicted octanol–water partition coefficient (Wildman–Crippen LogP) is 2.86. The van der Waals surface area contributed by atoms with Crippen LogP contribution in [0.4, 0.5) is 0 Å². The summed E-state index contributed by atoms with van der Waals surface area (Å²) in [4.78, 5) is 23.4. The molecule has 2 N–H and O–H groups in total. The lowest BCUT2D eigenvalue weighted by Gasteiger charge is -2.15. The molecular formula is C18H23NO3. The molecule has 1 amide bonds. The van der Waals surface area contributed by atoms with Crippen molar-refractivity contribution in [2.75, 3.05) is 0 Å². The van der Waals surface area contributed by atoms with Gasteiger partial charge in [0.25, 0.3) is 0 Å². The highest BCUT2D eigenvalue weighted by Crippen LogP contribution is 2.18.